The Balaban J connectivity index is 2.08. The first-order valence-electron chi connectivity index (χ1n) is 6.43. The number of hydrogen-bond acceptors (Lipinski definition) is 4. The van der Waals surface area contributed by atoms with E-state index in [1.54, 1.807) is 25.1 Å². The van der Waals surface area contributed by atoms with Gasteiger partial charge in [-0.2, -0.15) is 0 Å². The summed E-state index contributed by atoms with van der Waals surface area (Å²) in [5.74, 6) is 0.214. The molecule has 1 saturated carbocycles. The number of hydrogen-bond donors (Lipinski definition) is 3. The number of benzene rings is 1. The fraction of sp³-hybridized carbons (Fsp3) is 0.538. The Hall–Kier alpha value is -1.11. The van der Waals surface area contributed by atoms with Crippen molar-refractivity contribution in [3.05, 3.63) is 23.8 Å². The molecule has 0 heterocycles. The highest BCUT2D eigenvalue weighted by Gasteiger charge is 2.25. The van der Waals surface area contributed by atoms with Gasteiger partial charge in [-0.1, -0.05) is 6.07 Å². The predicted octanol–water partition coefficient (Wildman–Crippen LogP) is 1.02. The summed E-state index contributed by atoms with van der Waals surface area (Å²) in [5, 5.41) is 9.43. The molecule has 1 aliphatic carbocycles. The lowest BCUT2D eigenvalue weighted by Gasteiger charge is -2.13. The van der Waals surface area contributed by atoms with Crippen molar-refractivity contribution >= 4 is 15.7 Å². The van der Waals surface area contributed by atoms with Crippen LogP contribution >= 0.6 is 0 Å². The van der Waals surface area contributed by atoms with Gasteiger partial charge < -0.3 is 10.8 Å². The molecule has 0 aromatic heterocycles. The van der Waals surface area contributed by atoms with Gasteiger partial charge >= 0.3 is 0 Å². The van der Waals surface area contributed by atoms with Crippen molar-refractivity contribution in [3.63, 3.8) is 0 Å². The van der Waals surface area contributed by atoms with Crippen LogP contribution in [0.5, 0.6) is 0 Å². The summed E-state index contributed by atoms with van der Waals surface area (Å²) in [5.41, 5.74) is 6.77. The second-order valence-electron chi connectivity index (χ2n) is 5.16. The summed E-state index contributed by atoms with van der Waals surface area (Å²) >= 11 is 0. The molecule has 0 radical (unpaired) electrons. The number of nitrogen functional groups attached to an aromatic ring is 1. The Bertz CT molecular complexity index is 557. The van der Waals surface area contributed by atoms with E-state index in [1.165, 1.54) is 0 Å². The zero-order valence-electron chi connectivity index (χ0n) is 11.0. The van der Waals surface area contributed by atoms with Gasteiger partial charge in [0.15, 0.2) is 0 Å². The van der Waals surface area contributed by atoms with Crippen molar-refractivity contribution in [1.82, 2.24) is 4.72 Å². The van der Waals surface area contributed by atoms with Crippen LogP contribution in [0.25, 0.3) is 0 Å². The van der Waals surface area contributed by atoms with Crippen LogP contribution in [-0.2, 0) is 10.0 Å². The first-order chi connectivity index (χ1) is 8.90. The van der Waals surface area contributed by atoms with E-state index in [-0.39, 0.29) is 16.9 Å². The van der Waals surface area contributed by atoms with Crippen molar-refractivity contribution in [2.75, 3.05) is 12.3 Å². The van der Waals surface area contributed by atoms with Gasteiger partial charge in [0.05, 0.1) is 11.0 Å². The van der Waals surface area contributed by atoms with Crippen molar-refractivity contribution in [2.45, 2.75) is 37.2 Å². The number of nitrogens with two attached hydrogens (primary N) is 1. The highest BCUT2D eigenvalue weighted by Crippen LogP contribution is 2.26. The molecule has 0 saturated heterocycles. The van der Waals surface area contributed by atoms with Crippen LogP contribution < -0.4 is 10.5 Å². The maximum atomic E-state index is 12.2. The van der Waals surface area contributed by atoms with Crippen molar-refractivity contribution in [3.8, 4) is 0 Å². The summed E-state index contributed by atoms with van der Waals surface area (Å²) in [7, 11) is -3.53. The van der Waals surface area contributed by atoms with Crippen LogP contribution in [0.15, 0.2) is 23.1 Å². The van der Waals surface area contributed by atoms with E-state index in [2.05, 4.69) is 4.72 Å². The highest BCUT2D eigenvalue weighted by molar-refractivity contribution is 7.89. The molecule has 1 aliphatic rings. The van der Waals surface area contributed by atoms with E-state index < -0.39 is 10.0 Å². The van der Waals surface area contributed by atoms with Gasteiger partial charge in [-0.15, -0.1) is 0 Å². The van der Waals surface area contributed by atoms with Gasteiger partial charge in [0.25, 0.3) is 0 Å². The number of sulfonamides is 1. The first kappa shape index (κ1) is 14.3. The molecule has 0 amide bonds. The minimum absolute atomic E-state index is 0.214. The van der Waals surface area contributed by atoms with Crippen LogP contribution in [0, 0.1) is 12.8 Å². The standard InChI is InChI=1S/C13H20N2O3S/c1-9-12(14)3-2-4-13(9)19(17,18)15-8-10-5-6-11(16)7-10/h2-4,10-11,15-16H,5-8,14H2,1H3. The van der Waals surface area contributed by atoms with Gasteiger partial charge in [-0.3, -0.25) is 0 Å². The molecule has 2 atom stereocenters. The topological polar surface area (TPSA) is 92.4 Å². The second kappa shape index (κ2) is 5.48. The smallest absolute Gasteiger partial charge is 0.240 e. The average Bonchev–Trinajstić information content (AvgIpc) is 2.76. The van der Waals surface area contributed by atoms with Gasteiger partial charge in [0.1, 0.15) is 0 Å². The third-order valence-electron chi connectivity index (χ3n) is 3.69. The Morgan fingerprint density at radius 2 is 2.16 bits per heavy atom. The van der Waals surface area contributed by atoms with Gasteiger partial charge in [0, 0.05) is 12.2 Å². The first-order valence-corrected chi connectivity index (χ1v) is 7.91. The molecule has 106 valence electrons. The lowest BCUT2D eigenvalue weighted by atomic mass is 10.1. The molecule has 1 aromatic carbocycles. The number of nitrogens with one attached hydrogen (secondary N) is 1. The van der Waals surface area contributed by atoms with Crippen molar-refractivity contribution in [2.24, 2.45) is 5.92 Å². The molecule has 0 spiro atoms. The Morgan fingerprint density at radius 1 is 1.42 bits per heavy atom. The summed E-state index contributed by atoms with van der Waals surface area (Å²) < 4.78 is 27.0. The summed E-state index contributed by atoms with van der Waals surface area (Å²) in [6.45, 7) is 2.07. The van der Waals surface area contributed by atoms with Crippen LogP contribution in [0.4, 0.5) is 5.69 Å². The molecule has 2 unspecified atom stereocenters. The van der Waals surface area contributed by atoms with E-state index in [4.69, 9.17) is 5.73 Å². The second-order valence-corrected chi connectivity index (χ2v) is 6.89. The minimum Gasteiger partial charge on any atom is -0.398 e. The largest absolute Gasteiger partial charge is 0.398 e. The van der Waals surface area contributed by atoms with Crippen LogP contribution in [-0.4, -0.2) is 26.2 Å². The fourth-order valence-electron chi connectivity index (χ4n) is 2.46. The zero-order valence-corrected chi connectivity index (χ0v) is 11.8. The Labute approximate surface area is 113 Å². The summed E-state index contributed by atoms with van der Waals surface area (Å²) in [6.07, 6.45) is 1.99. The number of rotatable bonds is 4. The molecule has 4 N–H and O–H groups in total. The monoisotopic (exact) mass is 284 g/mol. The summed E-state index contributed by atoms with van der Waals surface area (Å²) in [4.78, 5) is 0.228. The predicted molar refractivity (Wildman–Crippen MR) is 74.1 cm³/mol. The molecule has 0 bridgehead atoms. The molecule has 5 nitrogen and oxygen atoms in total. The number of aliphatic hydroxyl groups excluding tert-OH is 1. The van der Waals surface area contributed by atoms with Crippen LogP contribution in [0.1, 0.15) is 24.8 Å². The number of aliphatic hydroxyl groups is 1. The van der Waals surface area contributed by atoms with Crippen LogP contribution in [0.2, 0.25) is 0 Å². The lowest BCUT2D eigenvalue weighted by molar-refractivity contribution is 0.178. The SMILES string of the molecule is Cc1c(N)cccc1S(=O)(=O)NCC1CCC(O)C1. The van der Waals surface area contributed by atoms with E-state index >= 15 is 0 Å². The van der Waals surface area contributed by atoms with E-state index in [1.807, 2.05) is 0 Å². The molecular formula is C13H20N2O3S. The molecule has 1 fully saturated rings. The summed E-state index contributed by atoms with van der Waals surface area (Å²) in [6, 6.07) is 4.87. The van der Waals surface area contributed by atoms with E-state index in [0.29, 0.717) is 24.2 Å². The molecular weight excluding hydrogens is 264 g/mol. The van der Waals surface area contributed by atoms with E-state index in [0.717, 1.165) is 12.8 Å². The average molecular weight is 284 g/mol. The van der Waals surface area contributed by atoms with Crippen molar-refractivity contribution < 1.29 is 13.5 Å². The van der Waals surface area contributed by atoms with E-state index in [9.17, 15) is 13.5 Å². The van der Waals surface area contributed by atoms with Gasteiger partial charge in [-0.05, 0) is 49.8 Å². The molecule has 1 aromatic rings. The maximum Gasteiger partial charge on any atom is 0.240 e. The Kier molecular flexibility index (Phi) is 4.13. The molecule has 19 heavy (non-hydrogen) atoms. The molecule has 2 rings (SSSR count). The van der Waals surface area contributed by atoms with Gasteiger partial charge in [-0.25, -0.2) is 13.1 Å². The highest BCUT2D eigenvalue weighted by atomic mass is 32.2. The fourth-order valence-corrected chi connectivity index (χ4v) is 3.85. The minimum atomic E-state index is -3.53. The lowest BCUT2D eigenvalue weighted by Crippen LogP contribution is -2.29. The normalized spacial score (nSPS) is 23.7. The third kappa shape index (κ3) is 3.26. The Morgan fingerprint density at radius 3 is 2.79 bits per heavy atom. The molecule has 6 heteroatoms. The van der Waals surface area contributed by atoms with Crippen LogP contribution in [0.3, 0.4) is 0 Å². The van der Waals surface area contributed by atoms with Gasteiger partial charge in [0.2, 0.25) is 10.0 Å². The third-order valence-corrected chi connectivity index (χ3v) is 5.26. The molecule has 0 aliphatic heterocycles. The quantitative estimate of drug-likeness (QED) is 0.720. The maximum absolute atomic E-state index is 12.2. The van der Waals surface area contributed by atoms with Crippen molar-refractivity contribution in [1.29, 1.82) is 0 Å². The zero-order chi connectivity index (χ0) is 14.0. The number of anilines is 1.